The third-order valence-corrected chi connectivity index (χ3v) is 4.53. The van der Waals surface area contributed by atoms with Crippen LogP contribution in [0, 0.1) is 17.8 Å². The maximum Gasteiger partial charge on any atom is 0.0224 e. The van der Waals surface area contributed by atoms with Crippen molar-refractivity contribution >= 4 is 12.4 Å². The highest BCUT2D eigenvalue weighted by Crippen LogP contribution is 2.39. The summed E-state index contributed by atoms with van der Waals surface area (Å²) in [6.07, 6.45) is 4.36. The van der Waals surface area contributed by atoms with Crippen molar-refractivity contribution in [2.45, 2.75) is 32.2 Å². The van der Waals surface area contributed by atoms with Crippen LogP contribution in [0.25, 0.3) is 0 Å². The Kier molecular flexibility index (Phi) is 3.59. The molecule has 3 heteroatoms. The molecule has 0 aromatic rings. The molecular weight excluding hydrogens is 208 g/mol. The molecule has 0 bridgehead atoms. The molecule has 15 heavy (non-hydrogen) atoms. The van der Waals surface area contributed by atoms with E-state index in [1.54, 1.807) is 0 Å². The average Bonchev–Trinajstić information content (AvgIpc) is 2.70. The largest absolute Gasteiger partial charge is 0.312 e. The maximum atomic E-state index is 3.65. The Balaban J connectivity index is 0.000000853. The van der Waals surface area contributed by atoms with E-state index in [0.29, 0.717) is 0 Å². The highest BCUT2D eigenvalue weighted by atomic mass is 35.5. The lowest BCUT2D eigenvalue weighted by molar-refractivity contribution is 0.159. The SMILES string of the molecule is CC1CC1CN1CCC2CCNC2C1.Cl. The quantitative estimate of drug-likeness (QED) is 0.778. The molecule has 2 nitrogen and oxygen atoms in total. The molecule has 1 aliphatic carbocycles. The molecule has 2 heterocycles. The number of likely N-dealkylation sites (tertiary alicyclic amines) is 1. The summed E-state index contributed by atoms with van der Waals surface area (Å²) in [7, 11) is 0. The molecule has 3 aliphatic rings. The van der Waals surface area contributed by atoms with Crippen LogP contribution in [0.4, 0.5) is 0 Å². The summed E-state index contributed by atoms with van der Waals surface area (Å²) in [6.45, 7) is 7.74. The fraction of sp³-hybridized carbons (Fsp3) is 1.00. The second-order valence-corrected chi connectivity index (χ2v) is 5.63. The summed E-state index contributed by atoms with van der Waals surface area (Å²) in [5.74, 6) is 3.06. The fourth-order valence-electron chi connectivity index (χ4n) is 3.25. The van der Waals surface area contributed by atoms with Crippen LogP contribution in [0.3, 0.4) is 0 Å². The summed E-state index contributed by atoms with van der Waals surface area (Å²) in [6, 6.07) is 0.831. The van der Waals surface area contributed by atoms with Gasteiger partial charge in [-0.25, -0.2) is 0 Å². The number of halogens is 1. The lowest BCUT2D eigenvalue weighted by Gasteiger charge is -2.35. The van der Waals surface area contributed by atoms with Crippen molar-refractivity contribution in [3.63, 3.8) is 0 Å². The first-order valence-electron chi connectivity index (χ1n) is 6.28. The van der Waals surface area contributed by atoms with E-state index in [4.69, 9.17) is 0 Å². The molecular formula is C12H23ClN2. The van der Waals surface area contributed by atoms with Gasteiger partial charge in [-0.2, -0.15) is 0 Å². The van der Waals surface area contributed by atoms with Crippen LogP contribution in [-0.4, -0.2) is 37.1 Å². The summed E-state index contributed by atoms with van der Waals surface area (Å²) >= 11 is 0. The topological polar surface area (TPSA) is 15.3 Å². The van der Waals surface area contributed by atoms with Crippen LogP contribution in [0.5, 0.6) is 0 Å². The zero-order valence-electron chi connectivity index (χ0n) is 9.61. The minimum Gasteiger partial charge on any atom is -0.312 e. The molecule has 2 aliphatic heterocycles. The molecule has 0 spiro atoms. The van der Waals surface area contributed by atoms with Crippen LogP contribution < -0.4 is 5.32 Å². The molecule has 4 unspecified atom stereocenters. The molecule has 3 rings (SSSR count). The molecule has 0 radical (unpaired) electrons. The van der Waals surface area contributed by atoms with Gasteiger partial charge in [-0.1, -0.05) is 6.92 Å². The lowest BCUT2D eigenvalue weighted by atomic mass is 9.92. The standard InChI is InChI=1S/C12H22N2.ClH/c1-9-6-11(9)7-14-5-3-10-2-4-13-12(10)8-14;/h9-13H,2-8H2,1H3;1H. The van der Waals surface area contributed by atoms with E-state index < -0.39 is 0 Å². The van der Waals surface area contributed by atoms with Crippen LogP contribution in [0.1, 0.15) is 26.2 Å². The normalized spacial score (nSPS) is 44.6. The number of piperidine rings is 1. The van der Waals surface area contributed by atoms with E-state index in [-0.39, 0.29) is 12.4 Å². The Hall–Kier alpha value is 0.210. The van der Waals surface area contributed by atoms with Gasteiger partial charge in [0, 0.05) is 19.1 Å². The molecule has 1 N–H and O–H groups in total. The van der Waals surface area contributed by atoms with Gasteiger partial charge in [0.15, 0.2) is 0 Å². The summed E-state index contributed by atoms with van der Waals surface area (Å²) in [5, 5.41) is 3.65. The number of nitrogens with one attached hydrogen (secondary N) is 1. The third kappa shape index (κ3) is 2.48. The van der Waals surface area contributed by atoms with E-state index in [2.05, 4.69) is 17.1 Å². The molecule has 0 aromatic heterocycles. The van der Waals surface area contributed by atoms with Crippen molar-refractivity contribution in [1.29, 1.82) is 0 Å². The predicted molar refractivity (Wildman–Crippen MR) is 65.5 cm³/mol. The highest BCUT2D eigenvalue weighted by Gasteiger charge is 2.37. The van der Waals surface area contributed by atoms with Gasteiger partial charge in [-0.15, -0.1) is 12.4 Å². The zero-order chi connectivity index (χ0) is 9.54. The maximum absolute atomic E-state index is 3.65. The predicted octanol–water partition coefficient (Wildman–Crippen LogP) is 1.75. The Morgan fingerprint density at radius 2 is 2.13 bits per heavy atom. The summed E-state index contributed by atoms with van der Waals surface area (Å²) < 4.78 is 0. The van der Waals surface area contributed by atoms with Gasteiger partial charge in [0.25, 0.3) is 0 Å². The second-order valence-electron chi connectivity index (χ2n) is 5.63. The van der Waals surface area contributed by atoms with Gasteiger partial charge in [-0.3, -0.25) is 0 Å². The Morgan fingerprint density at radius 1 is 1.33 bits per heavy atom. The smallest absolute Gasteiger partial charge is 0.0224 e. The highest BCUT2D eigenvalue weighted by molar-refractivity contribution is 5.85. The molecule has 0 amide bonds. The molecule has 4 atom stereocenters. The second kappa shape index (κ2) is 4.60. The van der Waals surface area contributed by atoms with Crippen molar-refractivity contribution in [1.82, 2.24) is 10.2 Å². The molecule has 0 aromatic carbocycles. The zero-order valence-corrected chi connectivity index (χ0v) is 10.4. The van der Waals surface area contributed by atoms with E-state index in [9.17, 15) is 0 Å². The van der Waals surface area contributed by atoms with Crippen LogP contribution in [-0.2, 0) is 0 Å². The van der Waals surface area contributed by atoms with Gasteiger partial charge in [0.1, 0.15) is 0 Å². The molecule has 1 saturated carbocycles. The van der Waals surface area contributed by atoms with E-state index in [1.165, 1.54) is 45.4 Å². The number of nitrogens with zero attached hydrogens (tertiary/aromatic N) is 1. The Bertz CT molecular complexity index is 222. The van der Waals surface area contributed by atoms with Crippen molar-refractivity contribution in [3.05, 3.63) is 0 Å². The first kappa shape index (κ1) is 11.7. The third-order valence-electron chi connectivity index (χ3n) is 4.53. The van der Waals surface area contributed by atoms with Crippen molar-refractivity contribution < 1.29 is 0 Å². The van der Waals surface area contributed by atoms with Crippen LogP contribution in [0.2, 0.25) is 0 Å². The Labute approximate surface area is 99.2 Å². The fourth-order valence-corrected chi connectivity index (χ4v) is 3.25. The number of hydrogen-bond acceptors (Lipinski definition) is 2. The molecule has 3 fully saturated rings. The lowest BCUT2D eigenvalue weighted by Crippen LogP contribution is -2.47. The average molecular weight is 231 g/mol. The van der Waals surface area contributed by atoms with Gasteiger partial charge in [-0.05, 0) is 50.1 Å². The Morgan fingerprint density at radius 3 is 2.87 bits per heavy atom. The molecule has 88 valence electrons. The van der Waals surface area contributed by atoms with Crippen LogP contribution >= 0.6 is 12.4 Å². The number of hydrogen-bond donors (Lipinski definition) is 1. The minimum absolute atomic E-state index is 0. The number of rotatable bonds is 2. The monoisotopic (exact) mass is 230 g/mol. The van der Waals surface area contributed by atoms with Gasteiger partial charge in [0.05, 0.1) is 0 Å². The van der Waals surface area contributed by atoms with Crippen molar-refractivity contribution in [2.75, 3.05) is 26.2 Å². The number of fused-ring (bicyclic) bond motifs is 1. The minimum atomic E-state index is 0. The van der Waals surface area contributed by atoms with Crippen LogP contribution in [0.15, 0.2) is 0 Å². The van der Waals surface area contributed by atoms with Crippen molar-refractivity contribution in [3.8, 4) is 0 Å². The first-order chi connectivity index (χ1) is 6.83. The van der Waals surface area contributed by atoms with Crippen molar-refractivity contribution in [2.24, 2.45) is 17.8 Å². The van der Waals surface area contributed by atoms with E-state index in [0.717, 1.165) is 23.8 Å². The van der Waals surface area contributed by atoms with Gasteiger partial charge in [0.2, 0.25) is 0 Å². The van der Waals surface area contributed by atoms with E-state index >= 15 is 0 Å². The van der Waals surface area contributed by atoms with Gasteiger partial charge >= 0.3 is 0 Å². The van der Waals surface area contributed by atoms with E-state index in [1.807, 2.05) is 0 Å². The summed E-state index contributed by atoms with van der Waals surface area (Å²) in [5.41, 5.74) is 0. The first-order valence-corrected chi connectivity index (χ1v) is 6.28. The molecule has 2 saturated heterocycles. The van der Waals surface area contributed by atoms with Gasteiger partial charge < -0.3 is 10.2 Å². The summed E-state index contributed by atoms with van der Waals surface area (Å²) in [4.78, 5) is 2.70.